The van der Waals surface area contributed by atoms with Gasteiger partial charge in [-0.1, -0.05) is 6.07 Å². The Bertz CT molecular complexity index is 923. The fraction of sp³-hybridized carbons (Fsp3) is 0.389. The van der Waals surface area contributed by atoms with Crippen LogP contribution >= 0.6 is 0 Å². The molecule has 0 saturated carbocycles. The molecule has 2 heterocycles. The van der Waals surface area contributed by atoms with Gasteiger partial charge in [0.15, 0.2) is 11.5 Å². The van der Waals surface area contributed by atoms with E-state index < -0.39 is 5.60 Å². The maximum absolute atomic E-state index is 11.3. The van der Waals surface area contributed by atoms with Crippen LogP contribution in [0.15, 0.2) is 30.9 Å². The van der Waals surface area contributed by atoms with Crippen molar-refractivity contribution in [3.63, 3.8) is 0 Å². The normalized spacial score (nSPS) is 19.6. The molecular weight excluding hydrogens is 318 g/mol. The highest BCUT2D eigenvalue weighted by molar-refractivity contribution is 5.82. The summed E-state index contributed by atoms with van der Waals surface area (Å²) < 4.78 is 7.15. The molecule has 7 nitrogen and oxygen atoms in total. The van der Waals surface area contributed by atoms with Gasteiger partial charge in [-0.3, -0.25) is 0 Å². The van der Waals surface area contributed by atoms with Crippen LogP contribution in [0, 0.1) is 0 Å². The summed E-state index contributed by atoms with van der Waals surface area (Å²) in [5, 5.41) is 14.5. The number of aryl methyl sites for hydroxylation is 2. The smallest absolute Gasteiger partial charge is 0.165 e. The van der Waals surface area contributed by atoms with Crippen LogP contribution in [0.5, 0.6) is 5.75 Å². The zero-order chi connectivity index (χ0) is 17.4. The molecule has 0 spiro atoms. The summed E-state index contributed by atoms with van der Waals surface area (Å²) in [5.41, 5.74) is 2.63. The summed E-state index contributed by atoms with van der Waals surface area (Å²) in [7, 11) is 3.55. The second-order valence-electron chi connectivity index (χ2n) is 6.51. The van der Waals surface area contributed by atoms with Gasteiger partial charge in [0.1, 0.15) is 23.2 Å². The fourth-order valence-electron chi connectivity index (χ4n) is 3.55. The number of fused-ring (bicyclic) bond motifs is 2. The molecular formula is C18H21N5O2. The molecule has 0 fully saturated rings. The van der Waals surface area contributed by atoms with Crippen LogP contribution in [0.2, 0.25) is 0 Å². The zero-order valence-electron chi connectivity index (χ0n) is 14.4. The van der Waals surface area contributed by atoms with E-state index in [9.17, 15) is 5.11 Å². The third-order valence-corrected chi connectivity index (χ3v) is 4.90. The van der Waals surface area contributed by atoms with E-state index in [-0.39, 0.29) is 0 Å². The van der Waals surface area contributed by atoms with Crippen molar-refractivity contribution >= 4 is 17.0 Å². The number of benzene rings is 1. The highest BCUT2D eigenvalue weighted by atomic mass is 16.5. The first-order chi connectivity index (χ1) is 12.1. The Balaban J connectivity index is 1.63. The number of methoxy groups -OCH3 is 1. The molecule has 25 heavy (non-hydrogen) atoms. The van der Waals surface area contributed by atoms with Gasteiger partial charge in [0, 0.05) is 13.6 Å². The minimum absolute atomic E-state index is 0.370. The largest absolute Gasteiger partial charge is 0.497 e. The van der Waals surface area contributed by atoms with E-state index in [2.05, 4.69) is 20.3 Å². The van der Waals surface area contributed by atoms with E-state index in [0.29, 0.717) is 24.3 Å². The van der Waals surface area contributed by atoms with E-state index in [4.69, 9.17) is 4.74 Å². The molecule has 1 aliphatic carbocycles. The first-order valence-electron chi connectivity index (χ1n) is 8.36. The number of aromatic nitrogens is 4. The Kier molecular flexibility index (Phi) is 3.80. The number of hydrogen-bond acceptors (Lipinski definition) is 6. The van der Waals surface area contributed by atoms with Crippen LogP contribution in [0.4, 0.5) is 5.82 Å². The van der Waals surface area contributed by atoms with Gasteiger partial charge in [-0.2, -0.15) is 0 Å². The molecule has 1 aromatic carbocycles. The number of rotatable bonds is 4. The summed E-state index contributed by atoms with van der Waals surface area (Å²) in [5.74, 6) is 1.46. The summed E-state index contributed by atoms with van der Waals surface area (Å²) >= 11 is 0. The van der Waals surface area contributed by atoms with Crippen molar-refractivity contribution in [3.05, 3.63) is 42.0 Å². The van der Waals surface area contributed by atoms with Crippen molar-refractivity contribution in [3.8, 4) is 5.75 Å². The molecule has 0 aliphatic heterocycles. The van der Waals surface area contributed by atoms with Crippen molar-refractivity contribution in [2.75, 3.05) is 19.0 Å². The van der Waals surface area contributed by atoms with E-state index in [1.165, 1.54) is 6.33 Å². The average molecular weight is 339 g/mol. The Hall–Kier alpha value is -2.67. The summed E-state index contributed by atoms with van der Waals surface area (Å²) in [6.45, 7) is 0.370. The molecule has 7 heteroatoms. The third kappa shape index (κ3) is 2.70. The maximum atomic E-state index is 11.3. The topological polar surface area (TPSA) is 85.1 Å². The number of nitrogens with zero attached hydrogens (tertiary/aromatic N) is 4. The van der Waals surface area contributed by atoms with Crippen LogP contribution in [0.1, 0.15) is 24.0 Å². The van der Waals surface area contributed by atoms with E-state index >= 15 is 0 Å². The first-order valence-corrected chi connectivity index (χ1v) is 8.36. The molecule has 0 bridgehead atoms. The molecule has 0 radical (unpaired) electrons. The Morgan fingerprint density at radius 3 is 3.04 bits per heavy atom. The van der Waals surface area contributed by atoms with Gasteiger partial charge in [0.05, 0.1) is 13.4 Å². The second kappa shape index (κ2) is 6.00. The van der Waals surface area contributed by atoms with Crippen molar-refractivity contribution < 1.29 is 9.84 Å². The van der Waals surface area contributed by atoms with Crippen molar-refractivity contribution in [1.29, 1.82) is 0 Å². The van der Waals surface area contributed by atoms with E-state index in [1.54, 1.807) is 13.4 Å². The number of imidazole rings is 1. The second-order valence-corrected chi connectivity index (χ2v) is 6.51. The monoisotopic (exact) mass is 339 g/mol. The van der Waals surface area contributed by atoms with E-state index in [1.807, 2.05) is 29.8 Å². The predicted octanol–water partition coefficient (Wildman–Crippen LogP) is 2.01. The predicted molar refractivity (Wildman–Crippen MR) is 94.6 cm³/mol. The minimum Gasteiger partial charge on any atom is -0.497 e. The number of anilines is 1. The molecule has 0 amide bonds. The van der Waals surface area contributed by atoms with Crippen LogP contribution in [-0.4, -0.2) is 38.3 Å². The molecule has 2 N–H and O–H groups in total. The summed E-state index contributed by atoms with van der Waals surface area (Å²) in [4.78, 5) is 12.9. The van der Waals surface area contributed by atoms with Gasteiger partial charge in [-0.05, 0) is 42.5 Å². The molecule has 130 valence electrons. The summed E-state index contributed by atoms with van der Waals surface area (Å²) in [6, 6.07) is 5.88. The van der Waals surface area contributed by atoms with Gasteiger partial charge in [0.2, 0.25) is 0 Å². The SMILES string of the molecule is COc1ccc2c(c1)CCCC2(O)CNc1ncnc2c1ncn2C. The quantitative estimate of drug-likeness (QED) is 0.756. The molecule has 2 aromatic heterocycles. The first kappa shape index (κ1) is 15.8. The van der Waals surface area contributed by atoms with Crippen LogP contribution in [0.3, 0.4) is 0 Å². The number of nitrogens with one attached hydrogen (secondary N) is 1. The van der Waals surface area contributed by atoms with Crippen LogP contribution in [-0.2, 0) is 19.1 Å². The lowest BCUT2D eigenvalue weighted by Crippen LogP contribution is -2.37. The zero-order valence-corrected chi connectivity index (χ0v) is 14.4. The number of aliphatic hydroxyl groups is 1. The lowest BCUT2D eigenvalue weighted by Gasteiger charge is -2.35. The number of hydrogen-bond donors (Lipinski definition) is 2. The molecule has 3 aromatic rings. The van der Waals surface area contributed by atoms with Crippen molar-refractivity contribution in [2.45, 2.75) is 24.9 Å². The standard InChI is InChI=1S/C18H21N5O2/c1-23-11-22-15-16(20-10-21-17(15)23)19-9-18(24)7-3-4-12-8-13(25-2)5-6-14(12)18/h5-6,8,10-11,24H,3-4,7,9H2,1-2H3,(H,19,20,21). The molecule has 1 aliphatic rings. The van der Waals surface area contributed by atoms with Gasteiger partial charge < -0.3 is 19.7 Å². The lowest BCUT2D eigenvalue weighted by atomic mass is 9.79. The Morgan fingerprint density at radius 2 is 2.20 bits per heavy atom. The molecule has 1 unspecified atom stereocenters. The van der Waals surface area contributed by atoms with Gasteiger partial charge >= 0.3 is 0 Å². The van der Waals surface area contributed by atoms with Crippen LogP contribution in [0.25, 0.3) is 11.2 Å². The highest BCUT2D eigenvalue weighted by Gasteiger charge is 2.34. The van der Waals surface area contributed by atoms with Gasteiger partial charge in [-0.25, -0.2) is 15.0 Å². The molecule has 1 atom stereocenters. The molecule has 4 rings (SSSR count). The lowest BCUT2D eigenvalue weighted by molar-refractivity contribution is 0.0322. The maximum Gasteiger partial charge on any atom is 0.165 e. The fourth-order valence-corrected chi connectivity index (χ4v) is 3.55. The van der Waals surface area contributed by atoms with Crippen molar-refractivity contribution in [1.82, 2.24) is 19.5 Å². The molecule has 0 saturated heterocycles. The summed E-state index contributed by atoms with van der Waals surface area (Å²) in [6.07, 6.45) is 5.81. The Labute approximate surface area is 145 Å². The van der Waals surface area contributed by atoms with Gasteiger partial charge in [-0.15, -0.1) is 0 Å². The minimum atomic E-state index is -0.939. The number of ether oxygens (including phenoxy) is 1. The Morgan fingerprint density at radius 1 is 1.32 bits per heavy atom. The van der Waals surface area contributed by atoms with Gasteiger partial charge in [0.25, 0.3) is 0 Å². The average Bonchev–Trinajstić information content (AvgIpc) is 3.02. The van der Waals surface area contributed by atoms with Crippen molar-refractivity contribution in [2.24, 2.45) is 7.05 Å². The highest BCUT2D eigenvalue weighted by Crippen LogP contribution is 2.37. The third-order valence-electron chi connectivity index (χ3n) is 4.90. The van der Waals surface area contributed by atoms with Crippen LogP contribution < -0.4 is 10.1 Å². The van der Waals surface area contributed by atoms with E-state index in [0.717, 1.165) is 35.4 Å².